The Hall–Kier alpha value is -2.95. The number of nitrogens with one attached hydrogen (secondary N) is 2. The van der Waals surface area contributed by atoms with E-state index in [1.165, 1.54) is 34.4 Å². The van der Waals surface area contributed by atoms with Crippen LogP contribution in [0, 0.1) is 6.92 Å². The van der Waals surface area contributed by atoms with E-state index in [1.54, 1.807) is 19.2 Å². The van der Waals surface area contributed by atoms with Gasteiger partial charge in [0, 0.05) is 17.1 Å². The fourth-order valence-corrected chi connectivity index (χ4v) is 5.53. The topological polar surface area (TPSA) is 93.2 Å². The molecule has 0 unspecified atom stereocenters. The van der Waals surface area contributed by atoms with Crippen LogP contribution < -0.4 is 15.4 Å². The van der Waals surface area contributed by atoms with Crippen LogP contribution >= 0.6 is 34.4 Å². The highest BCUT2D eigenvalue weighted by Crippen LogP contribution is 2.28. The molecule has 0 aliphatic carbocycles. The summed E-state index contributed by atoms with van der Waals surface area (Å²) in [6.45, 7) is 2.00. The third-order valence-corrected chi connectivity index (χ3v) is 7.43. The van der Waals surface area contributed by atoms with Gasteiger partial charge < -0.3 is 15.4 Å². The molecule has 32 heavy (non-hydrogen) atoms. The molecule has 0 aliphatic heterocycles. The minimum Gasteiger partial charge on any atom is -0.497 e. The lowest BCUT2D eigenvalue weighted by Crippen LogP contribution is -2.14. The van der Waals surface area contributed by atoms with Gasteiger partial charge in [-0.15, -0.1) is 11.3 Å². The summed E-state index contributed by atoms with van der Waals surface area (Å²) < 4.78 is 6.94. The summed E-state index contributed by atoms with van der Waals surface area (Å²) in [5.74, 6) is 0.601. The lowest BCUT2D eigenvalue weighted by atomic mass is 10.2. The van der Waals surface area contributed by atoms with Gasteiger partial charge in [0.2, 0.25) is 11.8 Å². The number of hydrogen-bond acceptors (Lipinski definition) is 8. The summed E-state index contributed by atoms with van der Waals surface area (Å²) in [5.41, 5.74) is 3.33. The molecule has 0 bridgehead atoms. The van der Waals surface area contributed by atoms with Gasteiger partial charge in [0.05, 0.1) is 35.2 Å². The normalized spacial score (nSPS) is 10.8. The van der Waals surface area contributed by atoms with E-state index in [9.17, 15) is 9.59 Å². The number of nitrogens with zero attached hydrogens (tertiary/aromatic N) is 2. The van der Waals surface area contributed by atoms with E-state index in [1.807, 2.05) is 42.6 Å². The Morgan fingerprint density at radius 3 is 2.75 bits per heavy atom. The van der Waals surface area contributed by atoms with E-state index in [4.69, 9.17) is 4.74 Å². The van der Waals surface area contributed by atoms with Crippen LogP contribution in [0.3, 0.4) is 0 Å². The maximum atomic E-state index is 12.4. The van der Waals surface area contributed by atoms with E-state index in [-0.39, 0.29) is 24.0 Å². The number of ether oxygens (including phenoxy) is 1. The van der Waals surface area contributed by atoms with Crippen molar-refractivity contribution >= 4 is 67.3 Å². The SMILES string of the molecule is COc1cccc(NC(=O)CSc2nc(CC(=O)Nc3nc4c(C)cccc4s3)cs2)c1. The first kappa shape index (κ1) is 22.3. The number of anilines is 2. The van der Waals surface area contributed by atoms with Crippen molar-refractivity contribution in [1.82, 2.24) is 9.97 Å². The van der Waals surface area contributed by atoms with Gasteiger partial charge in [-0.1, -0.05) is 41.3 Å². The molecule has 164 valence electrons. The maximum Gasteiger partial charge on any atom is 0.234 e. The molecule has 10 heteroatoms. The number of aryl methyl sites for hydroxylation is 1. The summed E-state index contributed by atoms with van der Waals surface area (Å²) in [5, 5.41) is 8.11. The zero-order valence-electron chi connectivity index (χ0n) is 17.4. The van der Waals surface area contributed by atoms with Crippen LogP contribution in [0.4, 0.5) is 10.8 Å². The van der Waals surface area contributed by atoms with Crippen molar-refractivity contribution in [2.24, 2.45) is 0 Å². The Kier molecular flexibility index (Phi) is 7.03. The molecular weight excluding hydrogens is 464 g/mol. The van der Waals surface area contributed by atoms with Crippen molar-refractivity contribution < 1.29 is 14.3 Å². The number of aromatic nitrogens is 2. The quantitative estimate of drug-likeness (QED) is 0.343. The number of hydrogen-bond donors (Lipinski definition) is 2. The largest absolute Gasteiger partial charge is 0.497 e. The molecule has 4 rings (SSSR count). The van der Waals surface area contributed by atoms with Gasteiger partial charge in [-0.25, -0.2) is 9.97 Å². The lowest BCUT2D eigenvalue weighted by molar-refractivity contribution is -0.116. The molecule has 0 saturated heterocycles. The van der Waals surface area contributed by atoms with Crippen LogP contribution in [0.5, 0.6) is 5.75 Å². The molecule has 2 N–H and O–H groups in total. The van der Waals surface area contributed by atoms with Gasteiger partial charge in [0.25, 0.3) is 0 Å². The van der Waals surface area contributed by atoms with Crippen molar-refractivity contribution in [3.63, 3.8) is 0 Å². The van der Waals surface area contributed by atoms with Crippen LogP contribution in [0.1, 0.15) is 11.3 Å². The molecule has 0 aliphatic rings. The van der Waals surface area contributed by atoms with Gasteiger partial charge in [0.15, 0.2) is 9.47 Å². The Morgan fingerprint density at radius 1 is 1.09 bits per heavy atom. The molecule has 0 spiro atoms. The number of rotatable bonds is 8. The molecule has 0 saturated carbocycles. The van der Waals surface area contributed by atoms with Crippen molar-refractivity contribution in [1.29, 1.82) is 0 Å². The van der Waals surface area contributed by atoms with E-state index in [2.05, 4.69) is 20.6 Å². The number of thioether (sulfide) groups is 1. The molecule has 0 radical (unpaired) electrons. The van der Waals surface area contributed by atoms with E-state index in [0.29, 0.717) is 22.3 Å². The van der Waals surface area contributed by atoms with Gasteiger partial charge in [-0.2, -0.15) is 0 Å². The van der Waals surface area contributed by atoms with E-state index >= 15 is 0 Å². The lowest BCUT2D eigenvalue weighted by Gasteiger charge is -2.06. The molecule has 7 nitrogen and oxygen atoms in total. The van der Waals surface area contributed by atoms with Gasteiger partial charge in [-0.05, 0) is 30.7 Å². The number of carbonyl (C=O) groups is 2. The molecule has 2 aromatic carbocycles. The van der Waals surface area contributed by atoms with Crippen LogP contribution in [0.2, 0.25) is 0 Å². The number of carbonyl (C=O) groups excluding carboxylic acids is 2. The fourth-order valence-electron chi connectivity index (χ4n) is 2.93. The smallest absolute Gasteiger partial charge is 0.234 e. The zero-order chi connectivity index (χ0) is 22.5. The first-order chi connectivity index (χ1) is 15.5. The van der Waals surface area contributed by atoms with Gasteiger partial charge in [0.1, 0.15) is 5.75 Å². The summed E-state index contributed by atoms with van der Waals surface area (Å²) >= 11 is 4.21. The third-order valence-electron chi connectivity index (χ3n) is 4.42. The highest BCUT2D eigenvalue weighted by molar-refractivity contribution is 8.01. The second kappa shape index (κ2) is 10.1. The first-order valence-electron chi connectivity index (χ1n) is 9.67. The Balaban J connectivity index is 1.28. The van der Waals surface area contributed by atoms with E-state index in [0.717, 1.165) is 20.1 Å². The van der Waals surface area contributed by atoms with Crippen LogP contribution in [-0.2, 0) is 16.0 Å². The summed E-state index contributed by atoms with van der Waals surface area (Å²) in [6, 6.07) is 13.2. The fraction of sp³-hybridized carbons (Fsp3) is 0.182. The monoisotopic (exact) mass is 484 g/mol. The van der Waals surface area contributed by atoms with Gasteiger partial charge in [-0.3, -0.25) is 9.59 Å². The van der Waals surface area contributed by atoms with Crippen molar-refractivity contribution in [2.75, 3.05) is 23.5 Å². The predicted octanol–water partition coefficient (Wildman–Crippen LogP) is 4.98. The summed E-state index contributed by atoms with van der Waals surface area (Å²) in [6.07, 6.45) is 0.155. The average Bonchev–Trinajstić information content (AvgIpc) is 3.39. The number of para-hydroxylation sites is 1. The zero-order valence-corrected chi connectivity index (χ0v) is 19.8. The van der Waals surface area contributed by atoms with Crippen molar-refractivity contribution in [3.05, 3.63) is 59.1 Å². The number of thiazole rings is 2. The molecule has 4 aromatic rings. The molecule has 2 aromatic heterocycles. The number of fused-ring (bicyclic) bond motifs is 1. The highest BCUT2D eigenvalue weighted by atomic mass is 32.2. The first-order valence-corrected chi connectivity index (χ1v) is 12.4. The maximum absolute atomic E-state index is 12.4. The van der Waals surface area contributed by atoms with Crippen LogP contribution in [0.25, 0.3) is 10.2 Å². The number of methoxy groups -OCH3 is 1. The van der Waals surface area contributed by atoms with Crippen LogP contribution in [-0.4, -0.2) is 34.6 Å². The average molecular weight is 485 g/mol. The van der Waals surface area contributed by atoms with Crippen molar-refractivity contribution in [2.45, 2.75) is 17.7 Å². The van der Waals surface area contributed by atoms with Gasteiger partial charge >= 0.3 is 0 Å². The molecule has 0 fully saturated rings. The Bertz CT molecular complexity index is 1270. The molecule has 2 heterocycles. The highest BCUT2D eigenvalue weighted by Gasteiger charge is 2.13. The second-order valence-electron chi connectivity index (χ2n) is 6.84. The molecular formula is C22H20N4O3S3. The van der Waals surface area contributed by atoms with Crippen molar-refractivity contribution in [3.8, 4) is 5.75 Å². The predicted molar refractivity (Wildman–Crippen MR) is 131 cm³/mol. The number of amides is 2. The standard InChI is InChI=1S/C22H20N4O3S3/c1-13-5-3-8-17-20(13)26-21(32-17)25-18(27)10-15-11-30-22(24-15)31-12-19(28)23-14-6-4-7-16(9-14)29-2/h3-9,11H,10,12H2,1-2H3,(H,23,28)(H,25,26,27). The second-order valence-corrected chi connectivity index (χ2v) is 9.95. The molecule has 0 atom stereocenters. The van der Waals surface area contributed by atoms with Crippen LogP contribution in [0.15, 0.2) is 52.2 Å². The summed E-state index contributed by atoms with van der Waals surface area (Å²) in [7, 11) is 1.58. The Labute approximate surface area is 197 Å². The Morgan fingerprint density at radius 2 is 1.94 bits per heavy atom. The third kappa shape index (κ3) is 5.64. The minimum atomic E-state index is -0.167. The summed E-state index contributed by atoms with van der Waals surface area (Å²) in [4.78, 5) is 33.6. The minimum absolute atomic E-state index is 0.135. The number of benzene rings is 2. The molecule has 2 amide bonds. The van der Waals surface area contributed by atoms with E-state index < -0.39 is 0 Å².